The van der Waals surface area contributed by atoms with Crippen LogP contribution in [0.15, 0.2) is 42.5 Å². The molecule has 0 saturated heterocycles. The first-order chi connectivity index (χ1) is 18.4. The molecule has 2 aromatic rings. The molecule has 0 aliphatic rings. The Bertz CT molecular complexity index is 1070. The summed E-state index contributed by atoms with van der Waals surface area (Å²) in [5, 5.41) is 5.67. The van der Waals surface area contributed by atoms with E-state index in [0.717, 1.165) is 60.0 Å². The average molecular weight is 538 g/mol. The van der Waals surface area contributed by atoms with Gasteiger partial charge in [-0.25, -0.2) is 4.79 Å². The highest BCUT2D eigenvalue weighted by Crippen LogP contribution is 2.27. The molecule has 1 atom stereocenters. The van der Waals surface area contributed by atoms with E-state index in [-0.39, 0.29) is 18.4 Å². The Balaban J connectivity index is 2.36. The number of benzene rings is 2. The fraction of sp³-hybridized carbons (Fsp3) is 0.531. The van der Waals surface area contributed by atoms with E-state index >= 15 is 0 Å². The lowest BCUT2D eigenvalue weighted by Gasteiger charge is -2.32. The molecule has 3 amide bonds. The molecule has 0 fully saturated rings. The van der Waals surface area contributed by atoms with Crippen LogP contribution in [-0.2, 0) is 14.3 Å². The summed E-state index contributed by atoms with van der Waals surface area (Å²) in [5.41, 5.74) is 3.76. The van der Waals surface area contributed by atoms with Crippen LogP contribution in [0.2, 0.25) is 0 Å². The first-order valence-corrected chi connectivity index (χ1v) is 14.1. The molecule has 7 heteroatoms. The van der Waals surface area contributed by atoms with Crippen molar-refractivity contribution in [2.45, 2.75) is 98.6 Å². The van der Waals surface area contributed by atoms with Gasteiger partial charge in [0, 0.05) is 12.2 Å². The predicted molar refractivity (Wildman–Crippen MR) is 158 cm³/mol. The van der Waals surface area contributed by atoms with Crippen LogP contribution in [0.25, 0.3) is 0 Å². The van der Waals surface area contributed by atoms with Gasteiger partial charge in [-0.1, -0.05) is 87.1 Å². The second-order valence-corrected chi connectivity index (χ2v) is 11.3. The van der Waals surface area contributed by atoms with Gasteiger partial charge in [-0.15, -0.1) is 0 Å². The van der Waals surface area contributed by atoms with Crippen LogP contribution in [0.1, 0.15) is 94.5 Å². The van der Waals surface area contributed by atoms with Crippen molar-refractivity contribution >= 4 is 23.6 Å². The molecule has 214 valence electrons. The van der Waals surface area contributed by atoms with Crippen molar-refractivity contribution < 1.29 is 19.1 Å². The maximum atomic E-state index is 13.9. The zero-order chi connectivity index (χ0) is 29.0. The highest BCUT2D eigenvalue weighted by atomic mass is 16.6. The molecule has 2 aromatic carbocycles. The number of unbranched alkanes of at least 4 members (excludes halogenated alkanes) is 5. The summed E-state index contributed by atoms with van der Waals surface area (Å²) >= 11 is 0. The first kappa shape index (κ1) is 31.9. The van der Waals surface area contributed by atoms with Gasteiger partial charge in [0.2, 0.25) is 5.91 Å². The smallest absolute Gasteiger partial charge is 0.408 e. The molecule has 0 aliphatic carbocycles. The van der Waals surface area contributed by atoms with E-state index in [2.05, 4.69) is 17.6 Å². The molecule has 0 aromatic heterocycles. The average Bonchev–Trinajstić information content (AvgIpc) is 2.86. The van der Waals surface area contributed by atoms with Gasteiger partial charge < -0.3 is 20.3 Å². The second kappa shape index (κ2) is 15.3. The SMILES string of the molecule is CCCCCCCCN(C(=O)CNC(=O)OC(C)(C)C)C(C(=O)Nc1c(C)cccc1C)c1ccc(C)cc1. The van der Waals surface area contributed by atoms with Crippen molar-refractivity contribution in [3.05, 3.63) is 64.7 Å². The summed E-state index contributed by atoms with van der Waals surface area (Å²) in [5.74, 6) is -0.621. The summed E-state index contributed by atoms with van der Waals surface area (Å²) in [6.45, 7) is 13.5. The number of rotatable bonds is 13. The van der Waals surface area contributed by atoms with E-state index in [1.807, 2.05) is 63.2 Å². The Morgan fingerprint density at radius 3 is 2.05 bits per heavy atom. The number of nitrogens with one attached hydrogen (secondary N) is 2. The number of anilines is 1. The first-order valence-electron chi connectivity index (χ1n) is 14.1. The minimum atomic E-state index is -0.854. The lowest BCUT2D eigenvalue weighted by molar-refractivity contribution is -0.138. The maximum absolute atomic E-state index is 13.9. The summed E-state index contributed by atoms with van der Waals surface area (Å²) < 4.78 is 5.31. The molecular formula is C32H47N3O4. The largest absolute Gasteiger partial charge is 0.444 e. The monoisotopic (exact) mass is 537 g/mol. The van der Waals surface area contributed by atoms with Gasteiger partial charge in [0.15, 0.2) is 0 Å². The van der Waals surface area contributed by atoms with Crippen LogP contribution in [0.5, 0.6) is 0 Å². The molecule has 0 spiro atoms. The van der Waals surface area contributed by atoms with Gasteiger partial charge in [-0.3, -0.25) is 9.59 Å². The summed E-state index contributed by atoms with van der Waals surface area (Å²) in [6, 6.07) is 12.7. The minimum Gasteiger partial charge on any atom is -0.444 e. The fourth-order valence-electron chi connectivity index (χ4n) is 4.45. The van der Waals surface area contributed by atoms with E-state index in [0.29, 0.717) is 6.54 Å². The van der Waals surface area contributed by atoms with Crippen LogP contribution in [0.4, 0.5) is 10.5 Å². The number of hydrogen-bond donors (Lipinski definition) is 2. The Morgan fingerprint density at radius 2 is 1.46 bits per heavy atom. The lowest BCUT2D eigenvalue weighted by Crippen LogP contribution is -2.47. The summed E-state index contributed by atoms with van der Waals surface area (Å²) in [4.78, 5) is 41.5. The number of aryl methyl sites for hydroxylation is 3. The normalized spacial score (nSPS) is 12.0. The lowest BCUT2D eigenvalue weighted by atomic mass is 10.0. The van der Waals surface area contributed by atoms with Gasteiger partial charge >= 0.3 is 6.09 Å². The van der Waals surface area contributed by atoms with Crippen molar-refractivity contribution in [2.75, 3.05) is 18.4 Å². The maximum Gasteiger partial charge on any atom is 0.408 e. The number of para-hydroxylation sites is 1. The Labute approximate surface area is 234 Å². The van der Waals surface area contributed by atoms with Crippen LogP contribution >= 0.6 is 0 Å². The summed E-state index contributed by atoms with van der Waals surface area (Å²) in [7, 11) is 0. The summed E-state index contributed by atoms with van der Waals surface area (Å²) in [6.07, 6.45) is 5.64. The molecule has 39 heavy (non-hydrogen) atoms. The molecule has 0 heterocycles. The molecule has 2 rings (SSSR count). The third-order valence-electron chi connectivity index (χ3n) is 6.54. The number of carbonyl (C=O) groups is 3. The molecule has 1 unspecified atom stereocenters. The highest BCUT2D eigenvalue weighted by Gasteiger charge is 2.32. The van der Waals surface area contributed by atoms with Gasteiger partial charge in [0.1, 0.15) is 18.2 Å². The van der Waals surface area contributed by atoms with Crippen LogP contribution in [-0.4, -0.2) is 41.5 Å². The van der Waals surface area contributed by atoms with Gasteiger partial charge in [-0.2, -0.15) is 0 Å². The van der Waals surface area contributed by atoms with Crippen LogP contribution in [0, 0.1) is 20.8 Å². The molecule has 0 aliphatic heterocycles. The molecule has 2 N–H and O–H groups in total. The molecule has 0 radical (unpaired) electrons. The predicted octanol–water partition coefficient (Wildman–Crippen LogP) is 7.01. The highest BCUT2D eigenvalue weighted by molar-refractivity contribution is 5.99. The minimum absolute atomic E-state index is 0.260. The Morgan fingerprint density at radius 1 is 0.872 bits per heavy atom. The van der Waals surface area contributed by atoms with Crippen molar-refractivity contribution in [3.8, 4) is 0 Å². The van der Waals surface area contributed by atoms with Crippen LogP contribution in [0.3, 0.4) is 0 Å². The van der Waals surface area contributed by atoms with E-state index in [9.17, 15) is 14.4 Å². The van der Waals surface area contributed by atoms with E-state index < -0.39 is 17.7 Å². The van der Waals surface area contributed by atoms with Crippen molar-refractivity contribution in [1.82, 2.24) is 10.2 Å². The zero-order valence-corrected chi connectivity index (χ0v) is 24.9. The standard InChI is InChI=1S/C32H47N3O4/c1-8-9-10-11-12-13-21-35(27(36)22-33-31(38)39-32(5,6)7)29(26-19-17-23(2)18-20-26)30(37)34-28-24(3)15-14-16-25(28)4/h14-20,29H,8-13,21-22H2,1-7H3,(H,33,38)(H,34,37). The third-order valence-corrected chi connectivity index (χ3v) is 6.54. The quantitative estimate of drug-likeness (QED) is 0.269. The second-order valence-electron chi connectivity index (χ2n) is 11.3. The Hall–Kier alpha value is -3.35. The van der Waals surface area contributed by atoms with E-state index in [4.69, 9.17) is 4.74 Å². The Kier molecular flexibility index (Phi) is 12.5. The molecule has 7 nitrogen and oxygen atoms in total. The number of nitrogens with zero attached hydrogens (tertiary/aromatic N) is 1. The number of alkyl carbamates (subject to hydrolysis) is 1. The number of carbonyl (C=O) groups excluding carboxylic acids is 3. The molecule has 0 saturated carbocycles. The topological polar surface area (TPSA) is 87.7 Å². The number of amides is 3. The van der Waals surface area contributed by atoms with Gasteiger partial charge in [0.05, 0.1) is 0 Å². The van der Waals surface area contributed by atoms with Crippen LogP contribution < -0.4 is 10.6 Å². The third kappa shape index (κ3) is 10.7. The zero-order valence-electron chi connectivity index (χ0n) is 24.9. The van der Waals surface area contributed by atoms with Gasteiger partial charge in [-0.05, 0) is 64.7 Å². The number of ether oxygens (including phenoxy) is 1. The van der Waals surface area contributed by atoms with Crippen molar-refractivity contribution in [1.29, 1.82) is 0 Å². The van der Waals surface area contributed by atoms with Gasteiger partial charge in [0.25, 0.3) is 5.91 Å². The van der Waals surface area contributed by atoms with E-state index in [1.165, 1.54) is 6.42 Å². The van der Waals surface area contributed by atoms with Crippen molar-refractivity contribution in [2.24, 2.45) is 0 Å². The van der Waals surface area contributed by atoms with E-state index in [1.54, 1.807) is 25.7 Å². The number of hydrogen-bond acceptors (Lipinski definition) is 4. The molecular weight excluding hydrogens is 490 g/mol. The fourth-order valence-corrected chi connectivity index (χ4v) is 4.45. The van der Waals surface area contributed by atoms with Crippen molar-refractivity contribution in [3.63, 3.8) is 0 Å². The molecule has 0 bridgehead atoms.